The number of halogens is 2. The molecule has 0 bridgehead atoms. The summed E-state index contributed by atoms with van der Waals surface area (Å²) in [6, 6.07) is 3.84. The molecule has 0 saturated carbocycles. The van der Waals surface area contributed by atoms with E-state index in [0.29, 0.717) is 0 Å². The number of aryl methyl sites for hydroxylation is 1. The number of carboxylic acids is 1. The lowest BCUT2D eigenvalue weighted by molar-refractivity contribution is -0.136. The van der Waals surface area contributed by atoms with Gasteiger partial charge in [-0.05, 0) is 52.8 Å². The van der Waals surface area contributed by atoms with Crippen molar-refractivity contribution in [2.75, 3.05) is 0 Å². The number of hydrogen-bond acceptors (Lipinski definition) is 1. The van der Waals surface area contributed by atoms with E-state index in [1.807, 2.05) is 19.1 Å². The van der Waals surface area contributed by atoms with Crippen molar-refractivity contribution in [2.45, 2.75) is 13.3 Å². The van der Waals surface area contributed by atoms with Gasteiger partial charge >= 0.3 is 5.97 Å². The topological polar surface area (TPSA) is 37.3 Å². The smallest absolute Gasteiger partial charge is 0.307 e. The van der Waals surface area contributed by atoms with Gasteiger partial charge in [-0.3, -0.25) is 4.79 Å². The summed E-state index contributed by atoms with van der Waals surface area (Å²) >= 11 is 5.53. The molecule has 2 nitrogen and oxygen atoms in total. The van der Waals surface area contributed by atoms with E-state index in [0.717, 1.165) is 19.2 Å². The Kier molecular flexibility index (Phi) is 3.73. The molecule has 0 aromatic heterocycles. The summed E-state index contributed by atoms with van der Waals surface area (Å²) in [5.41, 5.74) is 1.98. The molecular weight excluding hydrogens is 347 g/mol. The van der Waals surface area contributed by atoms with Crippen LogP contribution in [0.1, 0.15) is 11.1 Å². The number of benzene rings is 1. The molecule has 1 rings (SSSR count). The van der Waals surface area contributed by atoms with Crippen LogP contribution in [0.4, 0.5) is 0 Å². The van der Waals surface area contributed by atoms with Crippen molar-refractivity contribution >= 4 is 44.5 Å². The summed E-state index contributed by atoms with van der Waals surface area (Å²) in [5, 5.41) is 8.63. The summed E-state index contributed by atoms with van der Waals surface area (Å²) in [7, 11) is 0. The number of carbonyl (C=O) groups is 1. The second-order valence-electron chi connectivity index (χ2n) is 2.76. The molecule has 0 unspecified atom stereocenters. The van der Waals surface area contributed by atoms with Crippen LogP contribution in [0.25, 0.3) is 0 Å². The molecule has 0 amide bonds. The fourth-order valence-corrected chi connectivity index (χ4v) is 2.19. The number of aliphatic carboxylic acids is 1. The average Bonchev–Trinajstić information content (AvgIpc) is 1.99. The molecule has 1 aromatic carbocycles. The van der Waals surface area contributed by atoms with Crippen molar-refractivity contribution in [2.24, 2.45) is 0 Å². The second kappa shape index (κ2) is 4.41. The van der Waals surface area contributed by atoms with Crippen LogP contribution in [0.2, 0.25) is 0 Å². The maximum Gasteiger partial charge on any atom is 0.307 e. The quantitative estimate of drug-likeness (QED) is 0.829. The zero-order valence-electron chi connectivity index (χ0n) is 6.97. The predicted molar refractivity (Wildman–Crippen MR) is 62.9 cm³/mol. The van der Waals surface area contributed by atoms with Crippen molar-refractivity contribution in [3.63, 3.8) is 0 Å². The molecule has 0 aliphatic heterocycles. The molecule has 1 N–H and O–H groups in total. The second-order valence-corrected chi connectivity index (χ2v) is 4.78. The SMILES string of the molecule is Cc1cc(I)c(CC(=O)O)cc1Br. The van der Waals surface area contributed by atoms with Crippen LogP contribution in [0.3, 0.4) is 0 Å². The highest BCUT2D eigenvalue weighted by Crippen LogP contribution is 2.23. The van der Waals surface area contributed by atoms with Crippen molar-refractivity contribution in [1.82, 2.24) is 0 Å². The Bertz CT molecular complexity index is 350. The highest BCUT2D eigenvalue weighted by Gasteiger charge is 2.07. The maximum absolute atomic E-state index is 10.5. The molecule has 0 radical (unpaired) electrons. The minimum Gasteiger partial charge on any atom is -0.481 e. The lowest BCUT2D eigenvalue weighted by Crippen LogP contribution is -2.02. The van der Waals surface area contributed by atoms with E-state index in [-0.39, 0.29) is 6.42 Å². The number of rotatable bonds is 2. The molecular formula is C9H8BrIO2. The minimum atomic E-state index is -0.798. The Labute approximate surface area is 98.6 Å². The molecule has 1 aromatic rings. The normalized spacial score (nSPS) is 10.1. The first-order valence-electron chi connectivity index (χ1n) is 3.67. The van der Waals surface area contributed by atoms with Gasteiger partial charge in [0.1, 0.15) is 0 Å². The first kappa shape index (κ1) is 11.0. The van der Waals surface area contributed by atoms with E-state index in [1.165, 1.54) is 0 Å². The van der Waals surface area contributed by atoms with Crippen molar-refractivity contribution in [1.29, 1.82) is 0 Å². The van der Waals surface area contributed by atoms with Crippen molar-refractivity contribution < 1.29 is 9.90 Å². The molecule has 0 fully saturated rings. The summed E-state index contributed by atoms with van der Waals surface area (Å²) in [6.07, 6.45) is 0.0805. The summed E-state index contributed by atoms with van der Waals surface area (Å²) in [4.78, 5) is 10.5. The zero-order valence-corrected chi connectivity index (χ0v) is 10.7. The largest absolute Gasteiger partial charge is 0.481 e. The van der Waals surface area contributed by atoms with Gasteiger partial charge in [0.05, 0.1) is 6.42 Å². The summed E-state index contributed by atoms with van der Waals surface area (Å²) < 4.78 is 1.96. The van der Waals surface area contributed by atoms with Crippen LogP contribution in [0.5, 0.6) is 0 Å². The van der Waals surface area contributed by atoms with E-state index in [2.05, 4.69) is 38.5 Å². The molecule has 4 heteroatoms. The van der Waals surface area contributed by atoms with Gasteiger partial charge in [0.25, 0.3) is 0 Å². The highest BCUT2D eigenvalue weighted by atomic mass is 127. The fourth-order valence-electron chi connectivity index (χ4n) is 0.986. The van der Waals surface area contributed by atoms with Crippen LogP contribution in [0.15, 0.2) is 16.6 Å². The summed E-state index contributed by atoms with van der Waals surface area (Å²) in [5.74, 6) is -0.798. The van der Waals surface area contributed by atoms with Gasteiger partial charge in [0.15, 0.2) is 0 Å². The molecule has 13 heavy (non-hydrogen) atoms. The first-order valence-corrected chi connectivity index (χ1v) is 5.54. The van der Waals surface area contributed by atoms with Crippen LogP contribution >= 0.6 is 38.5 Å². The van der Waals surface area contributed by atoms with Gasteiger partial charge in [0, 0.05) is 8.04 Å². The van der Waals surface area contributed by atoms with Crippen LogP contribution in [-0.4, -0.2) is 11.1 Å². The molecule has 70 valence electrons. The Morgan fingerprint density at radius 2 is 2.23 bits per heavy atom. The van der Waals surface area contributed by atoms with E-state index >= 15 is 0 Å². The standard InChI is InChI=1S/C9H8BrIO2/c1-5-2-8(11)6(3-7(5)10)4-9(12)13/h2-3H,4H2,1H3,(H,12,13). The van der Waals surface area contributed by atoms with Gasteiger partial charge in [-0.25, -0.2) is 0 Å². The first-order chi connectivity index (χ1) is 6.00. The van der Waals surface area contributed by atoms with Crippen molar-refractivity contribution in [3.05, 3.63) is 31.3 Å². The van der Waals surface area contributed by atoms with Crippen LogP contribution in [0, 0.1) is 10.5 Å². The van der Waals surface area contributed by atoms with E-state index < -0.39 is 5.97 Å². The van der Waals surface area contributed by atoms with Crippen molar-refractivity contribution in [3.8, 4) is 0 Å². The van der Waals surface area contributed by atoms with Gasteiger partial charge in [-0.15, -0.1) is 0 Å². The average molecular weight is 355 g/mol. The van der Waals surface area contributed by atoms with E-state index in [1.54, 1.807) is 0 Å². The molecule has 0 heterocycles. The lowest BCUT2D eigenvalue weighted by atomic mass is 10.1. The number of hydrogen-bond donors (Lipinski definition) is 1. The van der Waals surface area contributed by atoms with Gasteiger partial charge in [-0.2, -0.15) is 0 Å². The monoisotopic (exact) mass is 354 g/mol. The lowest BCUT2D eigenvalue weighted by Gasteiger charge is -2.04. The van der Waals surface area contributed by atoms with Crippen LogP contribution in [-0.2, 0) is 11.2 Å². The van der Waals surface area contributed by atoms with Gasteiger partial charge < -0.3 is 5.11 Å². The van der Waals surface area contributed by atoms with E-state index in [9.17, 15) is 4.79 Å². The number of carboxylic acid groups (broad SMARTS) is 1. The van der Waals surface area contributed by atoms with Gasteiger partial charge in [0.2, 0.25) is 0 Å². The van der Waals surface area contributed by atoms with Crippen LogP contribution < -0.4 is 0 Å². The Morgan fingerprint density at radius 3 is 2.77 bits per heavy atom. The van der Waals surface area contributed by atoms with E-state index in [4.69, 9.17) is 5.11 Å². The Morgan fingerprint density at radius 1 is 1.62 bits per heavy atom. The van der Waals surface area contributed by atoms with Gasteiger partial charge in [-0.1, -0.05) is 15.9 Å². The maximum atomic E-state index is 10.5. The molecule has 0 aliphatic rings. The third kappa shape index (κ3) is 2.95. The Hall–Kier alpha value is -0.100. The molecule has 0 atom stereocenters. The predicted octanol–water partition coefficient (Wildman–Crippen LogP) is 2.99. The highest BCUT2D eigenvalue weighted by molar-refractivity contribution is 14.1. The summed E-state index contributed by atoms with van der Waals surface area (Å²) in [6.45, 7) is 1.98. The molecule has 0 aliphatic carbocycles. The minimum absolute atomic E-state index is 0.0805. The third-order valence-corrected chi connectivity index (χ3v) is 3.53. The molecule has 0 spiro atoms. The molecule has 0 saturated heterocycles. The fraction of sp³-hybridized carbons (Fsp3) is 0.222. The zero-order chi connectivity index (χ0) is 10.0. The third-order valence-electron chi connectivity index (χ3n) is 1.67. The Balaban J connectivity index is 3.08.